The van der Waals surface area contributed by atoms with Gasteiger partial charge in [0, 0.05) is 5.46 Å². The van der Waals surface area contributed by atoms with Crippen molar-refractivity contribution in [1.82, 2.24) is 0 Å². The molecule has 0 radical (unpaired) electrons. The van der Waals surface area contributed by atoms with Gasteiger partial charge in [0.2, 0.25) is 0 Å². The third kappa shape index (κ3) is 2.56. The molecule has 1 fully saturated rings. The minimum atomic E-state index is -1.18. The van der Waals surface area contributed by atoms with Crippen LogP contribution in [-0.2, 0) is 14.0 Å². The second-order valence-corrected chi connectivity index (χ2v) is 5.90. The molecular formula is C14H17BF2O4. The van der Waals surface area contributed by atoms with Crippen molar-refractivity contribution in [2.75, 3.05) is 7.11 Å². The highest BCUT2D eigenvalue weighted by atomic mass is 19.2. The Morgan fingerprint density at radius 2 is 1.67 bits per heavy atom. The summed E-state index contributed by atoms with van der Waals surface area (Å²) in [5, 5.41) is 0. The van der Waals surface area contributed by atoms with E-state index < -0.39 is 35.9 Å². The van der Waals surface area contributed by atoms with Gasteiger partial charge in [-0.3, -0.25) is 0 Å². The first-order valence-electron chi connectivity index (χ1n) is 6.52. The minimum Gasteiger partial charge on any atom is -0.465 e. The SMILES string of the molecule is COC(=O)c1ccc(F)c(F)c1B1OC(C)(C)C(C)(C)O1. The van der Waals surface area contributed by atoms with Crippen molar-refractivity contribution >= 4 is 18.6 Å². The maximum absolute atomic E-state index is 14.2. The molecular weight excluding hydrogens is 281 g/mol. The van der Waals surface area contributed by atoms with E-state index in [2.05, 4.69) is 4.74 Å². The largest absolute Gasteiger partial charge is 0.498 e. The van der Waals surface area contributed by atoms with E-state index in [1.807, 2.05) is 0 Å². The number of carbonyl (C=O) groups is 1. The zero-order chi connectivity index (χ0) is 16.0. The number of carbonyl (C=O) groups excluding carboxylic acids is 1. The Labute approximate surface area is 122 Å². The third-order valence-corrected chi connectivity index (χ3v) is 4.03. The van der Waals surface area contributed by atoms with Crippen LogP contribution in [0.2, 0.25) is 0 Å². The normalized spacial score (nSPS) is 19.7. The molecule has 0 atom stereocenters. The number of methoxy groups -OCH3 is 1. The second kappa shape index (κ2) is 5.07. The molecule has 0 saturated carbocycles. The van der Waals surface area contributed by atoms with Crippen LogP contribution in [0.15, 0.2) is 12.1 Å². The van der Waals surface area contributed by atoms with Gasteiger partial charge in [0.15, 0.2) is 11.6 Å². The Hall–Kier alpha value is -1.47. The number of rotatable bonds is 2. The number of benzene rings is 1. The van der Waals surface area contributed by atoms with Crippen LogP contribution in [0, 0.1) is 11.6 Å². The Kier molecular flexibility index (Phi) is 3.84. The van der Waals surface area contributed by atoms with Crippen molar-refractivity contribution in [1.29, 1.82) is 0 Å². The van der Waals surface area contributed by atoms with Crippen molar-refractivity contribution in [3.8, 4) is 0 Å². The van der Waals surface area contributed by atoms with Crippen molar-refractivity contribution in [3.05, 3.63) is 29.3 Å². The van der Waals surface area contributed by atoms with Crippen LogP contribution in [0.4, 0.5) is 8.78 Å². The zero-order valence-corrected chi connectivity index (χ0v) is 12.6. The Bertz CT molecular complexity index is 571. The van der Waals surface area contributed by atoms with Crippen LogP contribution in [0.1, 0.15) is 38.1 Å². The van der Waals surface area contributed by atoms with Crippen molar-refractivity contribution in [3.63, 3.8) is 0 Å². The summed E-state index contributed by atoms with van der Waals surface area (Å²) in [5.74, 6) is -3.03. The number of hydrogen-bond acceptors (Lipinski definition) is 4. The quantitative estimate of drug-likeness (QED) is 0.619. The van der Waals surface area contributed by atoms with E-state index in [0.717, 1.165) is 19.2 Å². The van der Waals surface area contributed by atoms with Gasteiger partial charge >= 0.3 is 13.1 Å². The Morgan fingerprint density at radius 3 is 2.14 bits per heavy atom. The number of hydrogen-bond donors (Lipinski definition) is 0. The third-order valence-electron chi connectivity index (χ3n) is 4.03. The smallest absolute Gasteiger partial charge is 0.465 e. The number of esters is 1. The van der Waals surface area contributed by atoms with Gasteiger partial charge in [-0.2, -0.15) is 0 Å². The molecule has 1 saturated heterocycles. The summed E-state index contributed by atoms with van der Waals surface area (Å²) in [6, 6.07) is 2.03. The molecule has 1 heterocycles. The van der Waals surface area contributed by atoms with E-state index in [0.29, 0.717) is 0 Å². The molecule has 4 nitrogen and oxygen atoms in total. The minimum absolute atomic E-state index is 0.116. The Balaban J connectivity index is 2.54. The molecule has 1 aromatic carbocycles. The molecule has 0 unspecified atom stereocenters. The lowest BCUT2D eigenvalue weighted by Gasteiger charge is -2.32. The highest BCUT2D eigenvalue weighted by molar-refractivity contribution is 6.63. The van der Waals surface area contributed by atoms with Crippen LogP contribution < -0.4 is 5.46 Å². The summed E-state index contributed by atoms with van der Waals surface area (Å²) >= 11 is 0. The summed E-state index contributed by atoms with van der Waals surface area (Å²) in [6.45, 7) is 7.12. The molecule has 1 aliphatic rings. The van der Waals surface area contributed by atoms with Gasteiger partial charge < -0.3 is 14.0 Å². The highest BCUT2D eigenvalue weighted by Gasteiger charge is 2.53. The van der Waals surface area contributed by atoms with Crippen LogP contribution in [0.25, 0.3) is 0 Å². The van der Waals surface area contributed by atoms with E-state index in [1.54, 1.807) is 27.7 Å². The van der Waals surface area contributed by atoms with E-state index in [-0.39, 0.29) is 11.0 Å². The van der Waals surface area contributed by atoms with Gasteiger partial charge in [-0.1, -0.05) is 0 Å². The fourth-order valence-electron chi connectivity index (χ4n) is 2.05. The summed E-state index contributed by atoms with van der Waals surface area (Å²) in [5.41, 5.74) is -1.86. The topological polar surface area (TPSA) is 44.8 Å². The van der Waals surface area contributed by atoms with Crippen LogP contribution in [0.5, 0.6) is 0 Å². The molecule has 0 N–H and O–H groups in total. The fourth-order valence-corrected chi connectivity index (χ4v) is 2.05. The predicted molar refractivity (Wildman–Crippen MR) is 73.4 cm³/mol. The van der Waals surface area contributed by atoms with E-state index >= 15 is 0 Å². The predicted octanol–water partition coefficient (Wildman–Crippen LogP) is 2.05. The second-order valence-electron chi connectivity index (χ2n) is 5.90. The summed E-state index contributed by atoms with van der Waals surface area (Å²) in [7, 11) is -0.0164. The van der Waals surface area contributed by atoms with E-state index in [9.17, 15) is 13.6 Å². The molecule has 0 spiro atoms. The molecule has 7 heteroatoms. The van der Waals surface area contributed by atoms with Crippen LogP contribution >= 0.6 is 0 Å². The van der Waals surface area contributed by atoms with Crippen LogP contribution in [-0.4, -0.2) is 31.4 Å². The molecule has 1 aromatic rings. The first kappa shape index (κ1) is 15.9. The Morgan fingerprint density at radius 1 is 1.14 bits per heavy atom. The fraction of sp³-hybridized carbons (Fsp3) is 0.500. The first-order valence-corrected chi connectivity index (χ1v) is 6.52. The van der Waals surface area contributed by atoms with Crippen molar-refractivity contribution in [2.45, 2.75) is 38.9 Å². The lowest BCUT2D eigenvalue weighted by molar-refractivity contribution is 0.00578. The molecule has 1 aliphatic heterocycles. The zero-order valence-electron chi connectivity index (χ0n) is 12.6. The highest BCUT2D eigenvalue weighted by Crippen LogP contribution is 2.37. The molecule has 0 bridgehead atoms. The van der Waals surface area contributed by atoms with E-state index in [1.165, 1.54) is 0 Å². The lowest BCUT2D eigenvalue weighted by atomic mass is 9.75. The average molecular weight is 298 g/mol. The maximum atomic E-state index is 14.2. The van der Waals surface area contributed by atoms with Crippen molar-refractivity contribution < 1.29 is 27.6 Å². The standard InChI is InChI=1S/C14H17BF2O4/c1-13(2)14(3,4)21-15(20-13)10-8(12(18)19-5)6-7-9(16)11(10)17/h6-7H,1-5H3. The van der Waals surface area contributed by atoms with Gasteiger partial charge in [0.1, 0.15) is 0 Å². The van der Waals surface area contributed by atoms with Gasteiger partial charge in [0.05, 0.1) is 23.9 Å². The summed E-state index contributed by atoms with van der Waals surface area (Å²) in [6.07, 6.45) is 0. The maximum Gasteiger partial charge on any atom is 0.498 e. The van der Waals surface area contributed by atoms with Crippen molar-refractivity contribution in [2.24, 2.45) is 0 Å². The molecule has 2 rings (SSSR count). The molecule has 21 heavy (non-hydrogen) atoms. The van der Waals surface area contributed by atoms with Gasteiger partial charge in [-0.05, 0) is 39.8 Å². The molecule has 0 amide bonds. The molecule has 114 valence electrons. The number of halogens is 2. The summed E-state index contributed by atoms with van der Waals surface area (Å²) in [4.78, 5) is 11.8. The number of ether oxygens (including phenoxy) is 1. The first-order chi connectivity index (χ1) is 9.60. The van der Waals surface area contributed by atoms with Gasteiger partial charge in [0.25, 0.3) is 0 Å². The van der Waals surface area contributed by atoms with Gasteiger partial charge in [-0.15, -0.1) is 0 Å². The van der Waals surface area contributed by atoms with Gasteiger partial charge in [-0.25, -0.2) is 13.6 Å². The van der Waals surface area contributed by atoms with E-state index in [4.69, 9.17) is 9.31 Å². The monoisotopic (exact) mass is 298 g/mol. The average Bonchev–Trinajstić information content (AvgIpc) is 2.60. The lowest BCUT2D eigenvalue weighted by Crippen LogP contribution is -2.41. The molecule has 0 aliphatic carbocycles. The summed E-state index contributed by atoms with van der Waals surface area (Å²) < 4.78 is 43.7. The van der Waals surface area contributed by atoms with Crippen LogP contribution in [0.3, 0.4) is 0 Å². The molecule has 0 aromatic heterocycles.